The number of imidazole rings is 1. The molecule has 4 rings (SSSR count). The molecule has 1 spiro atoms. The topological polar surface area (TPSA) is 75.5 Å². The van der Waals surface area contributed by atoms with Gasteiger partial charge >= 0.3 is 0 Å². The van der Waals surface area contributed by atoms with Gasteiger partial charge in [0, 0.05) is 32.9 Å². The van der Waals surface area contributed by atoms with Crippen molar-refractivity contribution in [1.29, 1.82) is 0 Å². The molecule has 7 nitrogen and oxygen atoms in total. The summed E-state index contributed by atoms with van der Waals surface area (Å²) in [7, 11) is -1.60. The quantitative estimate of drug-likeness (QED) is 0.784. The molecule has 2 fully saturated rings. The van der Waals surface area contributed by atoms with Gasteiger partial charge in [-0.15, -0.1) is 0 Å². The van der Waals surface area contributed by atoms with E-state index in [0.717, 1.165) is 31.2 Å². The highest BCUT2D eigenvalue weighted by molar-refractivity contribution is 7.88. The van der Waals surface area contributed by atoms with Gasteiger partial charge in [-0.05, 0) is 31.2 Å². The second kappa shape index (κ2) is 7.33. The van der Waals surface area contributed by atoms with Crippen molar-refractivity contribution >= 4 is 15.9 Å². The van der Waals surface area contributed by atoms with Crippen LogP contribution in [0.15, 0.2) is 42.9 Å². The molecule has 0 saturated carbocycles. The predicted octanol–water partition coefficient (Wildman–Crippen LogP) is 2.02. The van der Waals surface area contributed by atoms with Crippen LogP contribution >= 0.6 is 0 Å². The molecule has 2 aliphatic rings. The second-order valence-electron chi connectivity index (χ2n) is 7.89. The first kappa shape index (κ1) is 19.1. The van der Waals surface area contributed by atoms with Crippen LogP contribution in [0.3, 0.4) is 0 Å². The Hall–Kier alpha value is -2.19. The Labute approximate surface area is 166 Å². The smallest absolute Gasteiger partial charge is 0.274 e. The van der Waals surface area contributed by atoms with Gasteiger partial charge in [-0.2, -0.15) is 4.31 Å². The predicted molar refractivity (Wildman–Crippen MR) is 106 cm³/mol. The van der Waals surface area contributed by atoms with Crippen molar-refractivity contribution in [1.82, 2.24) is 18.8 Å². The van der Waals surface area contributed by atoms with E-state index in [1.807, 2.05) is 42.3 Å². The Morgan fingerprint density at radius 1 is 1.14 bits per heavy atom. The van der Waals surface area contributed by atoms with Crippen LogP contribution in [0.5, 0.6) is 0 Å². The molecule has 1 aromatic heterocycles. The number of amides is 1. The van der Waals surface area contributed by atoms with Gasteiger partial charge in [0.2, 0.25) is 10.0 Å². The van der Waals surface area contributed by atoms with Gasteiger partial charge in [0.15, 0.2) is 0 Å². The lowest BCUT2D eigenvalue weighted by molar-refractivity contribution is 0.0442. The Kier molecular flexibility index (Phi) is 5.01. The molecule has 8 heteroatoms. The third-order valence-electron chi connectivity index (χ3n) is 5.87. The minimum atomic E-state index is -3.43. The Bertz CT molecular complexity index is 957. The number of likely N-dealkylation sites (tertiary alicyclic amines) is 1. The normalized spacial score (nSPS) is 23.4. The lowest BCUT2D eigenvalue weighted by Crippen LogP contribution is -2.58. The number of hydrogen-bond acceptors (Lipinski definition) is 4. The molecule has 150 valence electrons. The number of rotatable bonds is 4. The van der Waals surface area contributed by atoms with E-state index >= 15 is 0 Å². The second-order valence-corrected chi connectivity index (χ2v) is 9.86. The summed E-state index contributed by atoms with van der Waals surface area (Å²) < 4.78 is 29.5. The fraction of sp³-hybridized carbons (Fsp3) is 0.500. The molecule has 2 aromatic rings. The van der Waals surface area contributed by atoms with Crippen LogP contribution in [0, 0.1) is 0 Å². The molecule has 1 atom stereocenters. The average molecular weight is 403 g/mol. The fourth-order valence-electron chi connectivity index (χ4n) is 4.53. The summed E-state index contributed by atoms with van der Waals surface area (Å²) in [6.45, 7) is 1.55. The Morgan fingerprint density at radius 3 is 2.54 bits per heavy atom. The number of benzene rings is 1. The summed E-state index contributed by atoms with van der Waals surface area (Å²) in [5.74, 6) is -0.0987. The van der Waals surface area contributed by atoms with Crippen LogP contribution in [0.1, 0.15) is 41.7 Å². The third-order valence-corrected chi connectivity index (χ3v) is 7.67. The largest absolute Gasteiger partial charge is 0.340 e. The number of aryl methyl sites for hydroxylation is 1. The molecule has 0 unspecified atom stereocenters. The number of sulfonamides is 1. The Balaban J connectivity index is 1.55. The molecular formula is C20H26N4O3S. The van der Waals surface area contributed by atoms with Crippen molar-refractivity contribution in [2.75, 3.05) is 19.6 Å². The summed E-state index contributed by atoms with van der Waals surface area (Å²) in [5.41, 5.74) is 0.791. The van der Waals surface area contributed by atoms with Crippen molar-refractivity contribution in [2.45, 2.75) is 37.0 Å². The molecule has 0 aliphatic carbocycles. The van der Waals surface area contributed by atoms with Crippen LogP contribution in [-0.2, 0) is 22.8 Å². The van der Waals surface area contributed by atoms with Crippen molar-refractivity contribution in [3.8, 4) is 0 Å². The molecular weight excluding hydrogens is 376 g/mol. The third kappa shape index (κ3) is 3.58. The van der Waals surface area contributed by atoms with Gasteiger partial charge in [0.05, 0.1) is 17.6 Å². The van der Waals surface area contributed by atoms with Crippen molar-refractivity contribution in [2.24, 2.45) is 7.05 Å². The molecule has 2 aliphatic heterocycles. The number of carbonyl (C=O) groups is 1. The minimum Gasteiger partial charge on any atom is -0.340 e. The molecule has 3 heterocycles. The minimum absolute atomic E-state index is 0.00188. The summed E-state index contributed by atoms with van der Waals surface area (Å²) in [6, 6.07) is 9.26. The maximum absolute atomic E-state index is 13.1. The zero-order valence-corrected chi connectivity index (χ0v) is 16.9. The van der Waals surface area contributed by atoms with Crippen molar-refractivity contribution in [3.05, 3.63) is 54.1 Å². The van der Waals surface area contributed by atoms with Crippen molar-refractivity contribution < 1.29 is 13.2 Å². The van der Waals surface area contributed by atoms with Gasteiger partial charge in [0.1, 0.15) is 5.69 Å². The van der Waals surface area contributed by atoms with Crippen LogP contribution in [0.2, 0.25) is 0 Å². The van der Waals surface area contributed by atoms with E-state index in [4.69, 9.17) is 0 Å². The van der Waals surface area contributed by atoms with Crippen LogP contribution in [0.4, 0.5) is 0 Å². The average Bonchev–Trinajstić information content (AvgIpc) is 3.28. The zero-order chi connectivity index (χ0) is 19.8. The number of carbonyl (C=O) groups excluding carboxylic acids is 1. The van der Waals surface area contributed by atoms with Crippen LogP contribution < -0.4 is 0 Å². The van der Waals surface area contributed by atoms with E-state index in [0.29, 0.717) is 25.3 Å². The Morgan fingerprint density at radius 2 is 1.86 bits per heavy atom. The summed E-state index contributed by atoms with van der Waals surface area (Å²) in [4.78, 5) is 19.1. The van der Waals surface area contributed by atoms with Crippen LogP contribution in [0.25, 0.3) is 0 Å². The van der Waals surface area contributed by atoms with Gasteiger partial charge in [0.25, 0.3) is 5.91 Å². The van der Waals surface area contributed by atoms with E-state index < -0.39 is 15.6 Å². The van der Waals surface area contributed by atoms with E-state index in [1.165, 1.54) is 0 Å². The SMILES string of the molecule is Cn1cnc(C(=O)N2CCC[C@@]23CCCN(S(=O)(=O)Cc2ccccc2)C3)c1. The molecule has 0 bridgehead atoms. The molecule has 1 amide bonds. The highest BCUT2D eigenvalue weighted by Gasteiger charge is 2.48. The van der Waals surface area contributed by atoms with Gasteiger partial charge in [-0.3, -0.25) is 4.79 Å². The standard InChI is InChI=1S/C20H26N4O3S/c1-22-13-18(21-16-22)19(25)24-12-6-10-20(24)9-5-11-23(15-20)28(26,27)14-17-7-3-2-4-8-17/h2-4,7-8,13,16H,5-6,9-12,14-15H2,1H3/t20-/m1/s1. The number of hydrogen-bond donors (Lipinski definition) is 0. The number of piperidine rings is 1. The van der Waals surface area contributed by atoms with Gasteiger partial charge in [-0.25, -0.2) is 13.4 Å². The molecule has 2 saturated heterocycles. The fourth-order valence-corrected chi connectivity index (χ4v) is 6.17. The molecule has 0 N–H and O–H groups in total. The maximum Gasteiger partial charge on any atom is 0.274 e. The number of aromatic nitrogens is 2. The highest BCUT2D eigenvalue weighted by Crippen LogP contribution is 2.39. The van der Waals surface area contributed by atoms with Gasteiger partial charge < -0.3 is 9.47 Å². The first-order valence-electron chi connectivity index (χ1n) is 9.71. The number of nitrogens with zero attached hydrogens (tertiary/aromatic N) is 4. The van der Waals surface area contributed by atoms with E-state index in [9.17, 15) is 13.2 Å². The van der Waals surface area contributed by atoms with Crippen LogP contribution in [-0.4, -0.2) is 58.3 Å². The van der Waals surface area contributed by atoms with E-state index in [1.54, 1.807) is 21.4 Å². The van der Waals surface area contributed by atoms with E-state index in [-0.39, 0.29) is 11.7 Å². The maximum atomic E-state index is 13.1. The zero-order valence-electron chi connectivity index (χ0n) is 16.1. The monoisotopic (exact) mass is 402 g/mol. The molecule has 0 radical (unpaired) electrons. The summed E-state index contributed by atoms with van der Waals surface area (Å²) in [5, 5.41) is 0. The lowest BCUT2D eigenvalue weighted by Gasteiger charge is -2.45. The summed E-state index contributed by atoms with van der Waals surface area (Å²) in [6.07, 6.45) is 6.67. The molecule has 1 aromatic carbocycles. The van der Waals surface area contributed by atoms with E-state index in [2.05, 4.69) is 4.98 Å². The first-order chi connectivity index (χ1) is 13.4. The lowest BCUT2D eigenvalue weighted by atomic mass is 9.87. The van der Waals surface area contributed by atoms with Crippen molar-refractivity contribution in [3.63, 3.8) is 0 Å². The molecule has 28 heavy (non-hydrogen) atoms. The first-order valence-corrected chi connectivity index (χ1v) is 11.3. The summed E-state index contributed by atoms with van der Waals surface area (Å²) >= 11 is 0. The highest BCUT2D eigenvalue weighted by atomic mass is 32.2. The van der Waals surface area contributed by atoms with Gasteiger partial charge in [-0.1, -0.05) is 30.3 Å².